The normalized spacial score (nSPS) is 11.5. The van der Waals surface area contributed by atoms with E-state index in [4.69, 9.17) is 5.84 Å². The lowest BCUT2D eigenvalue weighted by molar-refractivity contribution is -0.141. The maximum absolute atomic E-state index is 12.3. The number of hydrogen-bond donors (Lipinski definition) is 2. The van der Waals surface area contributed by atoms with Gasteiger partial charge in [0.25, 0.3) is 0 Å². The van der Waals surface area contributed by atoms with Crippen molar-refractivity contribution in [1.82, 2.24) is 14.8 Å². The molecule has 0 spiro atoms. The zero-order chi connectivity index (χ0) is 12.5. The highest BCUT2D eigenvalue weighted by Gasteiger charge is 2.33. The number of anilines is 1. The highest BCUT2D eigenvalue weighted by atomic mass is 19.4. The molecule has 0 atom stereocenters. The van der Waals surface area contributed by atoms with E-state index >= 15 is 0 Å². The van der Waals surface area contributed by atoms with Gasteiger partial charge in [0.2, 0.25) is 0 Å². The molecule has 0 aliphatic carbocycles. The van der Waals surface area contributed by atoms with Gasteiger partial charge in [0.1, 0.15) is 5.82 Å². The average Bonchev–Trinajstić information content (AvgIpc) is 2.78. The minimum absolute atomic E-state index is 0.246. The Kier molecular flexibility index (Phi) is 2.72. The van der Waals surface area contributed by atoms with Crippen LogP contribution in [-0.4, -0.2) is 14.8 Å². The van der Waals surface area contributed by atoms with E-state index in [1.165, 1.54) is 12.3 Å². The molecule has 0 aliphatic rings. The Hall–Kier alpha value is -2.09. The number of aromatic nitrogens is 3. The fourth-order valence-electron chi connectivity index (χ4n) is 1.23. The van der Waals surface area contributed by atoms with E-state index in [1.807, 2.05) is 0 Å². The van der Waals surface area contributed by atoms with Gasteiger partial charge in [-0.1, -0.05) is 6.07 Å². The Balaban J connectivity index is 2.37. The summed E-state index contributed by atoms with van der Waals surface area (Å²) in [5, 5.41) is 3.39. The van der Waals surface area contributed by atoms with Crippen LogP contribution in [0.5, 0.6) is 0 Å². The van der Waals surface area contributed by atoms with Crippen LogP contribution in [0.4, 0.5) is 19.0 Å². The summed E-state index contributed by atoms with van der Waals surface area (Å²) in [7, 11) is 0. The molecule has 0 bridgehead atoms. The van der Waals surface area contributed by atoms with Crippen LogP contribution in [0.2, 0.25) is 0 Å². The third kappa shape index (κ3) is 2.36. The number of pyridine rings is 1. The summed E-state index contributed by atoms with van der Waals surface area (Å²) in [5.41, 5.74) is 1.33. The molecular formula is C9H8F3N5. The van der Waals surface area contributed by atoms with E-state index in [2.05, 4.69) is 15.5 Å². The van der Waals surface area contributed by atoms with Crippen molar-refractivity contribution in [3.05, 3.63) is 36.2 Å². The van der Waals surface area contributed by atoms with E-state index in [-0.39, 0.29) is 5.82 Å². The maximum Gasteiger partial charge on any atom is 0.435 e. The molecule has 0 aromatic carbocycles. The topological polar surface area (TPSA) is 68.8 Å². The highest BCUT2D eigenvalue weighted by Crippen LogP contribution is 2.27. The lowest BCUT2D eigenvalue weighted by Crippen LogP contribution is -2.11. The second-order valence-corrected chi connectivity index (χ2v) is 3.17. The predicted molar refractivity (Wildman–Crippen MR) is 54.2 cm³/mol. The van der Waals surface area contributed by atoms with Gasteiger partial charge in [-0.3, -0.25) is 0 Å². The molecule has 0 unspecified atom stereocenters. The van der Waals surface area contributed by atoms with Crippen LogP contribution in [0.3, 0.4) is 0 Å². The van der Waals surface area contributed by atoms with Crippen LogP contribution >= 0.6 is 0 Å². The van der Waals surface area contributed by atoms with E-state index < -0.39 is 11.9 Å². The minimum atomic E-state index is -4.46. The van der Waals surface area contributed by atoms with Gasteiger partial charge < -0.3 is 5.43 Å². The quantitative estimate of drug-likeness (QED) is 0.620. The second-order valence-electron chi connectivity index (χ2n) is 3.17. The average molecular weight is 243 g/mol. The third-order valence-corrected chi connectivity index (χ3v) is 2.00. The van der Waals surface area contributed by atoms with Gasteiger partial charge in [-0.15, -0.1) is 0 Å². The molecule has 0 saturated carbocycles. The van der Waals surface area contributed by atoms with Crippen molar-refractivity contribution in [1.29, 1.82) is 0 Å². The first-order chi connectivity index (χ1) is 8.00. The number of nitrogens with one attached hydrogen (secondary N) is 1. The van der Waals surface area contributed by atoms with Gasteiger partial charge in [-0.25, -0.2) is 15.5 Å². The number of alkyl halides is 3. The SMILES string of the molecule is NNc1cccc(-n2ccc(C(F)(F)F)n2)n1. The molecule has 5 nitrogen and oxygen atoms in total. The number of hydrazine groups is 1. The summed E-state index contributed by atoms with van der Waals surface area (Å²) in [5.74, 6) is 5.73. The van der Waals surface area contributed by atoms with Gasteiger partial charge in [0.05, 0.1) is 0 Å². The highest BCUT2D eigenvalue weighted by molar-refractivity contribution is 5.38. The molecule has 0 radical (unpaired) electrons. The van der Waals surface area contributed by atoms with E-state index in [0.717, 1.165) is 10.7 Å². The van der Waals surface area contributed by atoms with Crippen LogP contribution < -0.4 is 11.3 Å². The molecule has 2 aromatic heterocycles. The maximum atomic E-state index is 12.3. The Morgan fingerprint density at radius 1 is 1.24 bits per heavy atom. The molecule has 2 rings (SSSR count). The lowest BCUT2D eigenvalue weighted by Gasteiger charge is -2.04. The predicted octanol–water partition coefficient (Wildman–Crippen LogP) is 1.57. The Bertz CT molecular complexity index is 519. The Labute approximate surface area is 94.0 Å². The largest absolute Gasteiger partial charge is 0.435 e. The molecule has 8 heteroatoms. The molecule has 2 heterocycles. The molecule has 0 amide bonds. The number of halogens is 3. The monoisotopic (exact) mass is 243 g/mol. The summed E-state index contributed by atoms with van der Waals surface area (Å²) in [6.07, 6.45) is -3.28. The summed E-state index contributed by atoms with van der Waals surface area (Å²) < 4.78 is 38.0. The van der Waals surface area contributed by atoms with Gasteiger partial charge in [-0.2, -0.15) is 18.3 Å². The first-order valence-electron chi connectivity index (χ1n) is 4.57. The van der Waals surface area contributed by atoms with Crippen LogP contribution in [0.1, 0.15) is 5.69 Å². The van der Waals surface area contributed by atoms with E-state index in [1.54, 1.807) is 12.1 Å². The Morgan fingerprint density at radius 2 is 2.00 bits per heavy atom. The summed E-state index contributed by atoms with van der Waals surface area (Å²) >= 11 is 0. The number of nitrogens with zero attached hydrogens (tertiary/aromatic N) is 3. The zero-order valence-electron chi connectivity index (χ0n) is 8.44. The Morgan fingerprint density at radius 3 is 2.59 bits per heavy atom. The van der Waals surface area contributed by atoms with Crippen molar-refractivity contribution < 1.29 is 13.2 Å². The third-order valence-electron chi connectivity index (χ3n) is 2.00. The number of hydrogen-bond acceptors (Lipinski definition) is 4. The number of nitrogen functional groups attached to an aromatic ring is 1. The van der Waals surface area contributed by atoms with E-state index in [9.17, 15) is 13.2 Å². The van der Waals surface area contributed by atoms with Crippen LogP contribution in [0.25, 0.3) is 5.82 Å². The van der Waals surface area contributed by atoms with Crippen LogP contribution in [-0.2, 0) is 6.18 Å². The zero-order valence-corrected chi connectivity index (χ0v) is 8.44. The molecule has 2 aromatic rings. The summed E-state index contributed by atoms with van der Waals surface area (Å²) in [6.45, 7) is 0. The fourth-order valence-corrected chi connectivity index (χ4v) is 1.23. The summed E-state index contributed by atoms with van der Waals surface area (Å²) in [4.78, 5) is 3.95. The van der Waals surface area contributed by atoms with Gasteiger partial charge in [-0.05, 0) is 18.2 Å². The standard InChI is InChI=1S/C9H8F3N5/c10-9(11,12)6-4-5-17(16-6)8-3-1-2-7(14-8)15-13/h1-5H,13H2,(H,14,15). The fraction of sp³-hybridized carbons (Fsp3) is 0.111. The van der Waals surface area contributed by atoms with Crippen molar-refractivity contribution in [3.8, 4) is 5.82 Å². The number of rotatable bonds is 2. The van der Waals surface area contributed by atoms with Crippen LogP contribution in [0, 0.1) is 0 Å². The second kappa shape index (κ2) is 4.06. The first-order valence-corrected chi connectivity index (χ1v) is 4.57. The molecular weight excluding hydrogens is 235 g/mol. The van der Waals surface area contributed by atoms with Gasteiger partial charge in [0.15, 0.2) is 11.5 Å². The van der Waals surface area contributed by atoms with Gasteiger partial charge in [0, 0.05) is 6.20 Å². The van der Waals surface area contributed by atoms with E-state index in [0.29, 0.717) is 5.82 Å². The molecule has 17 heavy (non-hydrogen) atoms. The van der Waals surface area contributed by atoms with Crippen molar-refractivity contribution in [2.24, 2.45) is 5.84 Å². The molecule has 0 aliphatic heterocycles. The number of nitrogens with two attached hydrogens (primary N) is 1. The molecule has 3 N–H and O–H groups in total. The van der Waals surface area contributed by atoms with Gasteiger partial charge >= 0.3 is 6.18 Å². The first kappa shape index (κ1) is 11.4. The van der Waals surface area contributed by atoms with Crippen molar-refractivity contribution in [3.63, 3.8) is 0 Å². The molecule has 0 saturated heterocycles. The lowest BCUT2D eigenvalue weighted by atomic mass is 10.4. The van der Waals surface area contributed by atoms with Crippen molar-refractivity contribution in [2.45, 2.75) is 6.18 Å². The smallest absolute Gasteiger partial charge is 0.308 e. The molecule has 0 fully saturated rings. The van der Waals surface area contributed by atoms with Crippen LogP contribution in [0.15, 0.2) is 30.5 Å². The van der Waals surface area contributed by atoms with Crippen molar-refractivity contribution >= 4 is 5.82 Å². The molecule has 90 valence electrons. The van der Waals surface area contributed by atoms with Crippen molar-refractivity contribution in [2.75, 3.05) is 5.43 Å². The summed E-state index contributed by atoms with van der Waals surface area (Å²) in [6, 6.07) is 5.59. The minimum Gasteiger partial charge on any atom is -0.308 e.